The molecule has 0 atom stereocenters. The van der Waals surface area contributed by atoms with Gasteiger partial charge >= 0.3 is 37.7 Å². The molecule has 1 aliphatic carbocycles. The zero-order chi connectivity index (χ0) is 9.38. The first-order valence-electron chi connectivity index (χ1n) is 4.82. The van der Waals surface area contributed by atoms with E-state index in [0.29, 0.717) is 0 Å². The van der Waals surface area contributed by atoms with Gasteiger partial charge in [0.1, 0.15) is 0 Å². The third kappa shape index (κ3) is 2.22. The second-order valence-corrected chi connectivity index (χ2v) is 3.51. The molecule has 2 aromatic rings. The van der Waals surface area contributed by atoms with E-state index in [1.54, 1.807) is 0 Å². The van der Waals surface area contributed by atoms with Gasteiger partial charge in [-0.25, -0.2) is 24.0 Å². The predicted octanol–water partition coefficient (Wildman–Crippen LogP) is -2.52. The van der Waals surface area contributed by atoms with Crippen LogP contribution >= 0.6 is 0 Å². The average molecular weight is 192 g/mol. The molecule has 0 amide bonds. The van der Waals surface area contributed by atoms with Crippen molar-refractivity contribution in [2.75, 3.05) is 0 Å². The summed E-state index contributed by atoms with van der Waals surface area (Å²) in [5.74, 6) is 0. The molecule has 0 fully saturated rings. The molecule has 0 aliphatic heterocycles. The van der Waals surface area contributed by atoms with Crippen LogP contribution in [0.5, 0.6) is 0 Å². The van der Waals surface area contributed by atoms with Gasteiger partial charge in [0.05, 0.1) is 0 Å². The molecule has 0 aromatic heterocycles. The summed E-state index contributed by atoms with van der Waals surface area (Å²) in [6.45, 7) is 0. The number of hydrogen-bond donors (Lipinski definition) is 0. The minimum atomic E-state index is 0. The van der Waals surface area contributed by atoms with E-state index in [4.69, 9.17) is 0 Å². The maximum absolute atomic E-state index is 2.18. The molecule has 0 saturated carbocycles. The molecule has 2 aromatic carbocycles. The fraction of sp³-hybridized carbons (Fsp3) is 0. The maximum atomic E-state index is 2.18. The number of hydrogen-bond acceptors (Lipinski definition) is 0. The Kier molecular flexibility index (Phi) is 4.73. The Morgan fingerprint density at radius 1 is 0.562 bits per heavy atom. The molecule has 0 bridgehead atoms. The summed E-state index contributed by atoms with van der Waals surface area (Å²) in [5, 5.41) is 0. The average Bonchev–Trinajstić information content (AvgIpc) is 2.29. The fourth-order valence-electron chi connectivity index (χ4n) is 1.95. The van der Waals surface area contributed by atoms with Gasteiger partial charge in [-0.3, -0.25) is 0 Å². The normalized spacial score (nSPS) is 10.5. The number of fused-ring (bicyclic) bond motifs is 3. The molecule has 3 rings (SSSR count). The monoisotopic (exact) mass is 192 g/mol. The van der Waals surface area contributed by atoms with Gasteiger partial charge in [0.15, 0.2) is 0 Å². The number of rotatable bonds is 0. The van der Waals surface area contributed by atoms with Crippen molar-refractivity contribution in [1.82, 2.24) is 0 Å². The van der Waals surface area contributed by atoms with Crippen molar-refractivity contribution in [3.8, 4) is 11.1 Å². The van der Waals surface area contributed by atoms with Crippen LogP contribution in [0, 0.1) is 12.8 Å². The van der Waals surface area contributed by atoms with E-state index in [2.05, 4.69) is 61.4 Å². The van der Waals surface area contributed by atoms with Gasteiger partial charge < -0.3 is 0 Å². The molecule has 0 spiro atoms. The molecule has 68 valence electrons. The van der Waals surface area contributed by atoms with Crippen LogP contribution in [0.3, 0.4) is 0 Å². The van der Waals surface area contributed by atoms with Crippen molar-refractivity contribution < 1.29 is 37.7 Å². The largest absolute Gasteiger partial charge is 1.00 e. The summed E-state index contributed by atoms with van der Waals surface area (Å²) in [6.07, 6.45) is 4.36. The Labute approximate surface area is 121 Å². The SMILES string of the molecule is [Li+].[Li+].c1ccc2c(c1)[CH-][CH-]c1ccccc1-2. The van der Waals surface area contributed by atoms with Crippen LogP contribution in [0.1, 0.15) is 11.1 Å². The van der Waals surface area contributed by atoms with Crippen LogP contribution in [0.4, 0.5) is 0 Å². The summed E-state index contributed by atoms with van der Waals surface area (Å²) in [4.78, 5) is 0. The van der Waals surface area contributed by atoms with Crippen LogP contribution < -0.4 is 37.7 Å². The Balaban J connectivity index is 0.000000640. The number of benzene rings is 2. The standard InChI is InChI=1S/C14H10.2Li/c1-3-7-13-11(5-1)9-10-12-6-2-4-8-14(12)13;;/h1-10H;;/q-2;2*+1. The first-order chi connectivity index (χ1) is 6.95. The molecule has 0 nitrogen and oxygen atoms in total. The zero-order valence-electron chi connectivity index (χ0n) is 9.77. The molecule has 0 saturated heterocycles. The first kappa shape index (κ1) is 13.4. The topological polar surface area (TPSA) is 0 Å². The van der Waals surface area contributed by atoms with E-state index < -0.39 is 0 Å². The predicted molar refractivity (Wildman–Crippen MR) is 58.7 cm³/mol. The van der Waals surface area contributed by atoms with Crippen molar-refractivity contribution in [3.63, 3.8) is 0 Å². The molecular formula is C14H10Li2. The van der Waals surface area contributed by atoms with Crippen LogP contribution in [0.25, 0.3) is 11.1 Å². The van der Waals surface area contributed by atoms with Crippen LogP contribution in [-0.2, 0) is 0 Å². The van der Waals surface area contributed by atoms with Crippen molar-refractivity contribution in [1.29, 1.82) is 0 Å². The Hall–Kier alpha value is -0.625. The third-order valence-electron chi connectivity index (χ3n) is 2.65. The second kappa shape index (κ2) is 5.63. The van der Waals surface area contributed by atoms with Crippen LogP contribution in [0.15, 0.2) is 48.5 Å². The smallest absolute Gasteiger partial charge is 0.219 e. The van der Waals surface area contributed by atoms with E-state index >= 15 is 0 Å². The van der Waals surface area contributed by atoms with Crippen molar-refractivity contribution in [2.45, 2.75) is 0 Å². The molecule has 1 aliphatic rings. The minimum absolute atomic E-state index is 0. The first-order valence-corrected chi connectivity index (χ1v) is 4.82. The molecule has 0 radical (unpaired) electrons. The van der Waals surface area contributed by atoms with E-state index in [0.717, 1.165) is 0 Å². The van der Waals surface area contributed by atoms with Gasteiger partial charge in [-0.15, -0.1) is 24.3 Å². The van der Waals surface area contributed by atoms with E-state index in [1.807, 2.05) is 0 Å². The summed E-state index contributed by atoms with van der Waals surface area (Å²) < 4.78 is 0. The van der Waals surface area contributed by atoms with Crippen molar-refractivity contribution in [3.05, 3.63) is 72.5 Å². The Morgan fingerprint density at radius 3 is 1.38 bits per heavy atom. The van der Waals surface area contributed by atoms with E-state index in [1.165, 1.54) is 22.3 Å². The molecule has 0 N–H and O–H groups in total. The minimum Gasteiger partial charge on any atom is -0.219 e. The Bertz CT molecular complexity index is 432. The van der Waals surface area contributed by atoms with Crippen molar-refractivity contribution >= 4 is 0 Å². The summed E-state index contributed by atoms with van der Waals surface area (Å²) in [7, 11) is 0. The van der Waals surface area contributed by atoms with E-state index in [9.17, 15) is 0 Å². The quantitative estimate of drug-likeness (QED) is 0.319. The molecular weight excluding hydrogens is 182 g/mol. The Morgan fingerprint density at radius 2 is 0.938 bits per heavy atom. The van der Waals surface area contributed by atoms with Crippen LogP contribution in [0.2, 0.25) is 0 Å². The van der Waals surface area contributed by atoms with Gasteiger partial charge in [-0.1, -0.05) is 12.1 Å². The van der Waals surface area contributed by atoms with Gasteiger partial charge in [0, 0.05) is 0 Å². The fourth-order valence-corrected chi connectivity index (χ4v) is 1.95. The van der Waals surface area contributed by atoms with Gasteiger partial charge in [0.25, 0.3) is 0 Å². The van der Waals surface area contributed by atoms with Crippen molar-refractivity contribution in [2.24, 2.45) is 0 Å². The zero-order valence-corrected chi connectivity index (χ0v) is 9.77. The van der Waals surface area contributed by atoms with Gasteiger partial charge in [-0.2, -0.15) is 23.3 Å². The van der Waals surface area contributed by atoms with Gasteiger partial charge in [0.2, 0.25) is 0 Å². The summed E-state index contributed by atoms with van der Waals surface area (Å²) >= 11 is 0. The maximum Gasteiger partial charge on any atom is 1.00 e. The summed E-state index contributed by atoms with van der Waals surface area (Å²) in [5.41, 5.74) is 5.30. The van der Waals surface area contributed by atoms with E-state index in [-0.39, 0.29) is 37.7 Å². The molecule has 0 unspecified atom stereocenters. The molecule has 16 heavy (non-hydrogen) atoms. The molecule has 0 heterocycles. The second-order valence-electron chi connectivity index (χ2n) is 3.51. The van der Waals surface area contributed by atoms with Crippen LogP contribution in [-0.4, -0.2) is 0 Å². The van der Waals surface area contributed by atoms with Gasteiger partial charge in [-0.05, 0) is 0 Å². The summed E-state index contributed by atoms with van der Waals surface area (Å²) in [6, 6.07) is 17.0. The molecule has 2 heteroatoms. The third-order valence-corrected chi connectivity index (χ3v) is 2.65.